The van der Waals surface area contributed by atoms with E-state index in [0.717, 1.165) is 0 Å². The van der Waals surface area contributed by atoms with Crippen LogP contribution in [-0.2, 0) is 0 Å². The lowest BCUT2D eigenvalue weighted by molar-refractivity contribution is 0.0935. The molecule has 0 aromatic heterocycles. The van der Waals surface area contributed by atoms with Crippen molar-refractivity contribution < 1.29 is 9.90 Å². The minimum absolute atomic E-state index is 0.106. The number of hydrogen-bond acceptors (Lipinski definition) is 2. The quantitative estimate of drug-likeness (QED) is 0.792. The number of hydrogen-bond donors (Lipinski definition) is 2. The van der Waals surface area contributed by atoms with Crippen LogP contribution in [0.4, 0.5) is 0 Å². The number of phenolic OH excluding ortho intramolecular Hbond substituents is 1. The van der Waals surface area contributed by atoms with Crippen molar-refractivity contribution >= 4 is 5.91 Å². The number of benzene rings is 1. The molecule has 1 aliphatic carbocycles. The van der Waals surface area contributed by atoms with Gasteiger partial charge in [-0.1, -0.05) is 6.07 Å². The molecule has 0 aliphatic heterocycles. The topological polar surface area (TPSA) is 49.3 Å². The first kappa shape index (κ1) is 10.0. The summed E-state index contributed by atoms with van der Waals surface area (Å²) in [6, 6.07) is 6.65. The Morgan fingerprint density at radius 1 is 1.53 bits per heavy atom. The van der Waals surface area contributed by atoms with Crippen molar-refractivity contribution in [1.29, 1.82) is 0 Å². The predicted molar refractivity (Wildman–Crippen MR) is 57.8 cm³/mol. The smallest absolute Gasteiger partial charge is 0.251 e. The Kier molecular flexibility index (Phi) is 2.62. The second-order valence-corrected chi connectivity index (χ2v) is 4.15. The van der Waals surface area contributed by atoms with Gasteiger partial charge in [-0.25, -0.2) is 0 Å². The highest BCUT2D eigenvalue weighted by Crippen LogP contribution is 2.32. The summed E-state index contributed by atoms with van der Waals surface area (Å²) in [6.07, 6.45) is 2.42. The number of carbonyl (C=O) groups is 1. The minimum Gasteiger partial charge on any atom is -0.508 e. The number of phenols is 1. The number of aromatic hydroxyl groups is 1. The molecule has 2 N–H and O–H groups in total. The summed E-state index contributed by atoms with van der Waals surface area (Å²) >= 11 is 0. The van der Waals surface area contributed by atoms with Gasteiger partial charge in [0.2, 0.25) is 0 Å². The maximum atomic E-state index is 11.7. The zero-order valence-electron chi connectivity index (χ0n) is 8.73. The van der Waals surface area contributed by atoms with Crippen LogP contribution in [0.1, 0.15) is 30.1 Å². The van der Waals surface area contributed by atoms with Gasteiger partial charge in [-0.15, -0.1) is 0 Å². The molecule has 0 heterocycles. The predicted octanol–water partition coefficient (Wildman–Crippen LogP) is 1.92. The molecule has 80 valence electrons. The number of amides is 1. The average molecular weight is 205 g/mol. The van der Waals surface area contributed by atoms with Crippen LogP contribution in [0.2, 0.25) is 0 Å². The summed E-state index contributed by atoms with van der Waals surface area (Å²) in [7, 11) is 0. The highest BCUT2D eigenvalue weighted by molar-refractivity contribution is 5.94. The zero-order chi connectivity index (χ0) is 10.8. The first-order valence-corrected chi connectivity index (χ1v) is 5.26. The Bertz CT molecular complexity index is 372. The molecule has 2 rings (SSSR count). The van der Waals surface area contributed by atoms with Crippen molar-refractivity contribution in [1.82, 2.24) is 5.32 Å². The molecule has 1 aliphatic rings. The van der Waals surface area contributed by atoms with Crippen LogP contribution in [0.5, 0.6) is 5.75 Å². The summed E-state index contributed by atoms with van der Waals surface area (Å²) in [5.74, 6) is 0.665. The van der Waals surface area contributed by atoms with E-state index in [9.17, 15) is 9.90 Å². The molecule has 15 heavy (non-hydrogen) atoms. The number of rotatable bonds is 3. The van der Waals surface area contributed by atoms with E-state index in [1.165, 1.54) is 18.9 Å². The van der Waals surface area contributed by atoms with E-state index in [4.69, 9.17) is 0 Å². The molecule has 1 unspecified atom stereocenters. The minimum atomic E-state index is -0.106. The van der Waals surface area contributed by atoms with Gasteiger partial charge in [-0.05, 0) is 43.9 Å². The fraction of sp³-hybridized carbons (Fsp3) is 0.417. The van der Waals surface area contributed by atoms with Gasteiger partial charge in [-0.2, -0.15) is 0 Å². The van der Waals surface area contributed by atoms with E-state index >= 15 is 0 Å². The lowest BCUT2D eigenvalue weighted by Crippen LogP contribution is -2.33. The lowest BCUT2D eigenvalue weighted by Gasteiger charge is -2.12. The van der Waals surface area contributed by atoms with Gasteiger partial charge in [-0.3, -0.25) is 4.79 Å². The molecular formula is C12H15NO2. The summed E-state index contributed by atoms with van der Waals surface area (Å²) < 4.78 is 0. The Labute approximate surface area is 89.1 Å². The molecule has 0 bridgehead atoms. The lowest BCUT2D eigenvalue weighted by atomic mass is 10.1. The Morgan fingerprint density at radius 3 is 2.87 bits per heavy atom. The van der Waals surface area contributed by atoms with Crippen LogP contribution >= 0.6 is 0 Å². The second-order valence-electron chi connectivity index (χ2n) is 4.15. The monoisotopic (exact) mass is 205 g/mol. The van der Waals surface area contributed by atoms with Gasteiger partial charge in [0, 0.05) is 11.6 Å². The normalized spacial score (nSPS) is 17.1. The molecule has 3 heteroatoms. The third-order valence-corrected chi connectivity index (χ3v) is 2.80. The van der Waals surface area contributed by atoms with Crippen molar-refractivity contribution in [3.8, 4) is 5.75 Å². The highest BCUT2D eigenvalue weighted by atomic mass is 16.3. The highest BCUT2D eigenvalue weighted by Gasteiger charge is 2.28. The molecule has 0 saturated heterocycles. The van der Waals surface area contributed by atoms with E-state index < -0.39 is 0 Å². The largest absolute Gasteiger partial charge is 0.508 e. The standard InChI is InChI=1S/C12H15NO2/c1-8(9-5-6-9)13-12(15)10-3-2-4-11(14)7-10/h2-4,7-9,14H,5-6H2,1H3,(H,13,15). The van der Waals surface area contributed by atoms with Crippen molar-refractivity contribution in [2.24, 2.45) is 5.92 Å². The van der Waals surface area contributed by atoms with Crippen LogP contribution in [-0.4, -0.2) is 17.1 Å². The van der Waals surface area contributed by atoms with Gasteiger partial charge in [0.25, 0.3) is 5.91 Å². The molecule has 1 fully saturated rings. The molecule has 1 amide bonds. The molecule has 1 aromatic carbocycles. The SMILES string of the molecule is CC(NC(=O)c1cccc(O)c1)C1CC1. The summed E-state index contributed by atoms with van der Waals surface area (Å²) in [4.78, 5) is 11.7. The third-order valence-electron chi connectivity index (χ3n) is 2.80. The molecule has 1 atom stereocenters. The maximum absolute atomic E-state index is 11.7. The first-order valence-electron chi connectivity index (χ1n) is 5.26. The van der Waals surface area contributed by atoms with E-state index in [0.29, 0.717) is 11.5 Å². The van der Waals surface area contributed by atoms with E-state index in [1.807, 2.05) is 6.92 Å². The molecule has 0 spiro atoms. The summed E-state index contributed by atoms with van der Waals surface area (Å²) in [6.45, 7) is 2.03. The fourth-order valence-electron chi connectivity index (χ4n) is 1.65. The van der Waals surface area contributed by atoms with E-state index in [2.05, 4.69) is 5.32 Å². The van der Waals surface area contributed by atoms with E-state index in [1.54, 1.807) is 18.2 Å². The summed E-state index contributed by atoms with van der Waals surface area (Å²) in [5, 5.41) is 12.2. The maximum Gasteiger partial charge on any atom is 0.251 e. The van der Waals surface area contributed by atoms with Crippen molar-refractivity contribution in [3.05, 3.63) is 29.8 Å². The van der Waals surface area contributed by atoms with Gasteiger partial charge < -0.3 is 10.4 Å². The van der Waals surface area contributed by atoms with Crippen LogP contribution in [0.25, 0.3) is 0 Å². The van der Waals surface area contributed by atoms with Crippen LogP contribution in [0.3, 0.4) is 0 Å². The van der Waals surface area contributed by atoms with Crippen LogP contribution in [0.15, 0.2) is 24.3 Å². The van der Waals surface area contributed by atoms with Gasteiger partial charge in [0.05, 0.1) is 0 Å². The van der Waals surface area contributed by atoms with Gasteiger partial charge in [0.1, 0.15) is 5.75 Å². The third kappa shape index (κ3) is 2.49. The molecule has 0 radical (unpaired) electrons. The second kappa shape index (κ2) is 3.93. The van der Waals surface area contributed by atoms with Crippen LogP contribution in [0, 0.1) is 5.92 Å². The van der Waals surface area contributed by atoms with Crippen molar-refractivity contribution in [2.75, 3.05) is 0 Å². The number of carbonyl (C=O) groups excluding carboxylic acids is 1. The van der Waals surface area contributed by atoms with Crippen molar-refractivity contribution in [3.63, 3.8) is 0 Å². The fourth-order valence-corrected chi connectivity index (χ4v) is 1.65. The average Bonchev–Trinajstić information content (AvgIpc) is 3.00. The summed E-state index contributed by atoms with van der Waals surface area (Å²) in [5.41, 5.74) is 0.516. The van der Waals surface area contributed by atoms with Gasteiger partial charge in [0.15, 0.2) is 0 Å². The Morgan fingerprint density at radius 2 is 2.27 bits per heavy atom. The van der Waals surface area contributed by atoms with E-state index in [-0.39, 0.29) is 17.7 Å². The molecular weight excluding hydrogens is 190 g/mol. The Hall–Kier alpha value is -1.51. The van der Waals surface area contributed by atoms with Gasteiger partial charge >= 0.3 is 0 Å². The number of nitrogens with one attached hydrogen (secondary N) is 1. The first-order chi connectivity index (χ1) is 7.16. The molecule has 3 nitrogen and oxygen atoms in total. The van der Waals surface area contributed by atoms with Crippen molar-refractivity contribution in [2.45, 2.75) is 25.8 Å². The molecule has 1 saturated carbocycles. The van der Waals surface area contributed by atoms with Crippen LogP contribution < -0.4 is 5.32 Å². The molecule has 1 aromatic rings. The zero-order valence-corrected chi connectivity index (χ0v) is 8.73. The Balaban J connectivity index is 2.00.